The normalized spacial score (nSPS) is 11.3. The topological polar surface area (TPSA) is 46.3 Å². The third-order valence-electron chi connectivity index (χ3n) is 3.25. The van der Waals surface area contributed by atoms with E-state index >= 15 is 0 Å². The lowest BCUT2D eigenvalue weighted by Gasteiger charge is -2.21. The van der Waals surface area contributed by atoms with Gasteiger partial charge in [-0.15, -0.1) is 12.4 Å². The number of carbonyl (C=O) groups excluding carboxylic acids is 1. The van der Waals surface area contributed by atoms with Gasteiger partial charge >= 0.3 is 0 Å². The fourth-order valence-corrected chi connectivity index (χ4v) is 2.17. The summed E-state index contributed by atoms with van der Waals surface area (Å²) in [6.07, 6.45) is 0.568. The first-order valence-electron chi connectivity index (χ1n) is 6.75. The number of nitrogens with two attached hydrogens (primary N) is 1. The van der Waals surface area contributed by atoms with Gasteiger partial charge in [-0.1, -0.05) is 60.7 Å². The molecule has 0 aliphatic heterocycles. The first-order valence-corrected chi connectivity index (χ1v) is 6.75. The zero-order valence-corrected chi connectivity index (χ0v) is 12.9. The molecule has 3 nitrogen and oxygen atoms in total. The summed E-state index contributed by atoms with van der Waals surface area (Å²) in [6, 6.07) is 19.3. The Hall–Kier alpha value is -1.84. The predicted molar refractivity (Wildman–Crippen MR) is 88.3 cm³/mol. The fraction of sp³-hybridized carbons (Fsp3) is 0.235. The van der Waals surface area contributed by atoms with Crippen molar-refractivity contribution in [3.05, 3.63) is 71.8 Å². The van der Waals surface area contributed by atoms with Gasteiger partial charge in [-0.05, 0) is 17.5 Å². The van der Waals surface area contributed by atoms with Crippen molar-refractivity contribution in [1.29, 1.82) is 0 Å². The Morgan fingerprint density at radius 1 is 1.00 bits per heavy atom. The van der Waals surface area contributed by atoms with Gasteiger partial charge in [0, 0.05) is 13.6 Å². The highest BCUT2D eigenvalue weighted by Gasteiger charge is 2.18. The molecule has 112 valence electrons. The maximum absolute atomic E-state index is 12.3. The summed E-state index contributed by atoms with van der Waals surface area (Å²) in [5.74, 6) is -0.0299. The number of hydrogen-bond donors (Lipinski definition) is 1. The molecule has 0 aromatic heterocycles. The van der Waals surface area contributed by atoms with Crippen LogP contribution >= 0.6 is 12.4 Å². The van der Waals surface area contributed by atoms with E-state index in [1.807, 2.05) is 60.7 Å². The van der Waals surface area contributed by atoms with Crippen LogP contribution in [0.1, 0.15) is 11.1 Å². The summed E-state index contributed by atoms with van der Waals surface area (Å²) < 4.78 is 0. The van der Waals surface area contributed by atoms with Crippen LogP contribution in [0, 0.1) is 0 Å². The lowest BCUT2D eigenvalue weighted by atomic mass is 10.1. The van der Waals surface area contributed by atoms with Crippen molar-refractivity contribution >= 4 is 18.3 Å². The molecule has 1 amide bonds. The Bertz CT molecular complexity index is 496. The van der Waals surface area contributed by atoms with Crippen LogP contribution < -0.4 is 5.73 Å². The number of nitrogens with zero attached hydrogens (tertiary/aromatic N) is 1. The van der Waals surface area contributed by atoms with E-state index in [-0.39, 0.29) is 18.3 Å². The van der Waals surface area contributed by atoms with Crippen molar-refractivity contribution in [2.24, 2.45) is 5.73 Å². The Morgan fingerprint density at radius 3 is 2.00 bits per heavy atom. The van der Waals surface area contributed by atoms with Gasteiger partial charge in [-0.2, -0.15) is 0 Å². The van der Waals surface area contributed by atoms with Crippen molar-refractivity contribution in [3.63, 3.8) is 0 Å². The van der Waals surface area contributed by atoms with Crippen LogP contribution in [0.5, 0.6) is 0 Å². The molecule has 0 spiro atoms. The summed E-state index contributed by atoms with van der Waals surface area (Å²) in [6.45, 7) is 0.585. The summed E-state index contributed by atoms with van der Waals surface area (Å²) in [4.78, 5) is 13.9. The molecule has 0 aliphatic rings. The van der Waals surface area contributed by atoms with E-state index in [1.54, 1.807) is 11.9 Å². The van der Waals surface area contributed by atoms with Crippen molar-refractivity contribution in [3.8, 4) is 0 Å². The van der Waals surface area contributed by atoms with Crippen LogP contribution in [0.15, 0.2) is 60.7 Å². The van der Waals surface area contributed by atoms with E-state index in [1.165, 1.54) is 0 Å². The van der Waals surface area contributed by atoms with Gasteiger partial charge in [-0.25, -0.2) is 0 Å². The average Bonchev–Trinajstić information content (AvgIpc) is 2.48. The van der Waals surface area contributed by atoms with Gasteiger partial charge < -0.3 is 10.6 Å². The minimum atomic E-state index is -0.494. The molecule has 2 aromatic carbocycles. The highest BCUT2D eigenvalue weighted by Crippen LogP contribution is 2.07. The predicted octanol–water partition coefficient (Wildman–Crippen LogP) is 2.64. The molecule has 4 heteroatoms. The molecule has 0 aliphatic carbocycles. The summed E-state index contributed by atoms with van der Waals surface area (Å²) in [7, 11) is 1.79. The van der Waals surface area contributed by atoms with Gasteiger partial charge in [0.2, 0.25) is 5.91 Å². The van der Waals surface area contributed by atoms with Crippen LogP contribution in [0.25, 0.3) is 0 Å². The monoisotopic (exact) mass is 304 g/mol. The Kier molecular flexibility index (Phi) is 6.92. The first kappa shape index (κ1) is 17.2. The van der Waals surface area contributed by atoms with Crippen LogP contribution in [0.2, 0.25) is 0 Å². The molecule has 0 fully saturated rings. The second kappa shape index (κ2) is 8.45. The van der Waals surface area contributed by atoms with E-state index in [4.69, 9.17) is 5.73 Å². The highest BCUT2D eigenvalue weighted by molar-refractivity contribution is 5.85. The number of benzene rings is 2. The quantitative estimate of drug-likeness (QED) is 0.923. The van der Waals surface area contributed by atoms with Crippen molar-refractivity contribution < 1.29 is 4.79 Å². The van der Waals surface area contributed by atoms with Gasteiger partial charge in [0.05, 0.1) is 6.04 Å². The lowest BCUT2D eigenvalue weighted by Crippen LogP contribution is -2.42. The Labute approximate surface area is 132 Å². The molecule has 2 N–H and O–H groups in total. The summed E-state index contributed by atoms with van der Waals surface area (Å²) in [5.41, 5.74) is 8.20. The number of rotatable bonds is 5. The molecule has 0 heterocycles. The second-order valence-corrected chi connectivity index (χ2v) is 4.98. The molecule has 2 aromatic rings. The third-order valence-corrected chi connectivity index (χ3v) is 3.25. The maximum atomic E-state index is 12.3. The number of carbonyl (C=O) groups is 1. The zero-order chi connectivity index (χ0) is 14.4. The molecular weight excluding hydrogens is 284 g/mol. The molecule has 0 radical (unpaired) electrons. The van der Waals surface area contributed by atoms with E-state index < -0.39 is 6.04 Å². The summed E-state index contributed by atoms with van der Waals surface area (Å²) in [5, 5.41) is 0. The van der Waals surface area contributed by atoms with Crippen LogP contribution in [-0.2, 0) is 17.8 Å². The van der Waals surface area contributed by atoms with E-state index in [0.717, 1.165) is 11.1 Å². The second-order valence-electron chi connectivity index (χ2n) is 4.98. The molecule has 1 atom stereocenters. The maximum Gasteiger partial charge on any atom is 0.239 e. The van der Waals surface area contributed by atoms with Crippen LogP contribution in [-0.4, -0.2) is 23.9 Å². The largest absolute Gasteiger partial charge is 0.340 e. The van der Waals surface area contributed by atoms with Crippen molar-refractivity contribution in [2.45, 2.75) is 19.0 Å². The smallest absolute Gasteiger partial charge is 0.239 e. The highest BCUT2D eigenvalue weighted by atomic mass is 35.5. The standard InChI is InChI=1S/C17H20N2O.ClH/c1-19(13-15-10-6-3-7-11-15)17(20)16(18)12-14-8-4-2-5-9-14;/h2-11,16H,12-13,18H2,1H3;1H. The minimum Gasteiger partial charge on any atom is -0.340 e. The zero-order valence-electron chi connectivity index (χ0n) is 12.1. The molecule has 0 saturated heterocycles. The number of hydrogen-bond acceptors (Lipinski definition) is 2. The van der Waals surface area contributed by atoms with Crippen LogP contribution in [0.4, 0.5) is 0 Å². The molecule has 0 saturated carbocycles. The lowest BCUT2D eigenvalue weighted by molar-refractivity contribution is -0.131. The fourth-order valence-electron chi connectivity index (χ4n) is 2.17. The molecule has 2 rings (SSSR count). The number of halogens is 1. The Morgan fingerprint density at radius 2 is 1.48 bits per heavy atom. The summed E-state index contributed by atoms with van der Waals surface area (Å²) >= 11 is 0. The SMILES string of the molecule is CN(Cc1ccccc1)C(=O)C(N)Cc1ccccc1.Cl. The minimum absolute atomic E-state index is 0. The van der Waals surface area contributed by atoms with Gasteiger partial charge in [0.1, 0.15) is 0 Å². The van der Waals surface area contributed by atoms with Gasteiger partial charge in [-0.3, -0.25) is 4.79 Å². The number of likely N-dealkylation sites (N-methyl/N-ethyl adjacent to an activating group) is 1. The van der Waals surface area contributed by atoms with Crippen molar-refractivity contribution in [1.82, 2.24) is 4.90 Å². The third kappa shape index (κ3) is 5.21. The van der Waals surface area contributed by atoms with E-state index in [2.05, 4.69) is 0 Å². The molecular formula is C17H21ClN2O. The Balaban J connectivity index is 0.00000220. The molecule has 21 heavy (non-hydrogen) atoms. The molecule has 1 unspecified atom stereocenters. The molecule has 0 bridgehead atoms. The average molecular weight is 305 g/mol. The van der Waals surface area contributed by atoms with Crippen molar-refractivity contribution in [2.75, 3.05) is 7.05 Å². The van der Waals surface area contributed by atoms with Crippen LogP contribution in [0.3, 0.4) is 0 Å². The first-order chi connectivity index (χ1) is 9.66. The van der Waals surface area contributed by atoms with E-state index in [0.29, 0.717) is 13.0 Å². The number of amides is 1. The van der Waals surface area contributed by atoms with E-state index in [9.17, 15) is 4.79 Å². The van der Waals surface area contributed by atoms with Gasteiger partial charge in [0.25, 0.3) is 0 Å². The van der Waals surface area contributed by atoms with Gasteiger partial charge in [0.15, 0.2) is 0 Å².